The van der Waals surface area contributed by atoms with E-state index in [9.17, 15) is 22.4 Å². The molecule has 2 aromatic heterocycles. The average molecular weight is 811 g/mol. The number of pyridine rings is 1. The van der Waals surface area contributed by atoms with Crippen LogP contribution >= 0.6 is 0 Å². The number of methoxy groups -OCH3 is 1. The lowest BCUT2D eigenvalue weighted by atomic mass is 9.95. The summed E-state index contributed by atoms with van der Waals surface area (Å²) >= 11 is 0. The highest BCUT2D eigenvalue weighted by Gasteiger charge is 2.50. The van der Waals surface area contributed by atoms with Gasteiger partial charge in [0.1, 0.15) is 47.8 Å². The minimum Gasteiger partial charge on any atom is -0.489 e. The van der Waals surface area contributed by atoms with Gasteiger partial charge in [-0.15, -0.1) is 0 Å². The molecule has 8 rings (SSSR count). The van der Waals surface area contributed by atoms with Crippen LogP contribution in [-0.2, 0) is 16.1 Å². The summed E-state index contributed by atoms with van der Waals surface area (Å²) in [6, 6.07) is 12.5. The lowest BCUT2D eigenvalue weighted by molar-refractivity contribution is -0.215. The molecule has 0 aliphatic carbocycles. The van der Waals surface area contributed by atoms with Gasteiger partial charge in [0.25, 0.3) is 0 Å². The van der Waals surface area contributed by atoms with Gasteiger partial charge in [-0.05, 0) is 76.3 Å². The van der Waals surface area contributed by atoms with E-state index in [2.05, 4.69) is 14.9 Å². The fourth-order valence-electron chi connectivity index (χ4n) is 9.09. The molecule has 4 fully saturated rings. The van der Waals surface area contributed by atoms with Crippen LogP contribution in [0.1, 0.15) is 70.1 Å². The van der Waals surface area contributed by atoms with Gasteiger partial charge in [-0.3, -0.25) is 14.8 Å². The van der Waals surface area contributed by atoms with E-state index in [1.54, 1.807) is 4.90 Å². The van der Waals surface area contributed by atoms with Crippen LogP contribution in [0.25, 0.3) is 22.2 Å². The molecule has 4 aromatic rings. The molecular weight excluding hydrogens is 763 g/mol. The maximum absolute atomic E-state index is 17.3. The van der Waals surface area contributed by atoms with E-state index >= 15 is 4.39 Å². The number of piperazine rings is 1. The molecule has 2 aromatic carbocycles. The molecule has 4 saturated heterocycles. The highest BCUT2D eigenvalue weighted by Crippen LogP contribution is 2.44. The summed E-state index contributed by atoms with van der Waals surface area (Å²) in [4.78, 5) is 32.8. The van der Waals surface area contributed by atoms with E-state index in [1.165, 1.54) is 24.4 Å². The van der Waals surface area contributed by atoms with Crippen molar-refractivity contribution in [3.63, 3.8) is 0 Å². The van der Waals surface area contributed by atoms with Crippen molar-refractivity contribution in [3.8, 4) is 23.0 Å². The van der Waals surface area contributed by atoms with Crippen molar-refractivity contribution in [2.24, 2.45) is 0 Å². The second kappa shape index (κ2) is 15.4. The van der Waals surface area contributed by atoms with Gasteiger partial charge in [0.2, 0.25) is 0 Å². The molecule has 1 amide bonds. The third kappa shape index (κ3) is 7.84. The Balaban J connectivity index is 1.21. The Hall–Kier alpha value is -4.83. The fourth-order valence-corrected chi connectivity index (χ4v) is 9.09. The van der Waals surface area contributed by atoms with Crippen LogP contribution in [0.15, 0.2) is 54.7 Å². The molecule has 0 saturated carbocycles. The molecule has 310 valence electrons. The van der Waals surface area contributed by atoms with Crippen LogP contribution in [0.5, 0.6) is 11.8 Å². The van der Waals surface area contributed by atoms with Gasteiger partial charge in [0, 0.05) is 44.9 Å². The van der Waals surface area contributed by atoms with Crippen LogP contribution in [0.2, 0.25) is 0 Å². The molecule has 4 aliphatic rings. The highest BCUT2D eigenvalue weighted by atomic mass is 19.4. The van der Waals surface area contributed by atoms with Crippen molar-refractivity contribution >= 4 is 22.8 Å². The Kier molecular flexibility index (Phi) is 10.6. The Labute approximate surface area is 333 Å². The minimum absolute atomic E-state index is 0.0711. The van der Waals surface area contributed by atoms with Crippen LogP contribution in [0.3, 0.4) is 0 Å². The van der Waals surface area contributed by atoms with Crippen molar-refractivity contribution in [2.75, 3.05) is 44.8 Å². The first-order valence-corrected chi connectivity index (χ1v) is 19.7. The molecule has 58 heavy (non-hydrogen) atoms. The zero-order valence-corrected chi connectivity index (χ0v) is 32.9. The monoisotopic (exact) mass is 810 g/mol. The summed E-state index contributed by atoms with van der Waals surface area (Å²) in [5.41, 5.74) is -1.59. The van der Waals surface area contributed by atoms with Crippen molar-refractivity contribution in [1.82, 2.24) is 24.8 Å². The molecule has 0 N–H and O–H groups in total. The Morgan fingerprint density at radius 2 is 1.74 bits per heavy atom. The zero-order chi connectivity index (χ0) is 41.0. The van der Waals surface area contributed by atoms with Gasteiger partial charge in [-0.2, -0.15) is 23.1 Å². The lowest BCUT2D eigenvalue weighted by Crippen LogP contribution is -2.57. The van der Waals surface area contributed by atoms with E-state index in [0.717, 1.165) is 44.9 Å². The Morgan fingerprint density at radius 3 is 2.43 bits per heavy atom. The first-order chi connectivity index (χ1) is 27.6. The molecule has 11 nitrogen and oxygen atoms in total. The highest BCUT2D eigenvalue weighted by molar-refractivity contribution is 5.92. The molecule has 16 heteroatoms. The molecule has 2 bridgehead atoms. The van der Waals surface area contributed by atoms with Crippen LogP contribution in [-0.4, -0.2) is 106 Å². The summed E-state index contributed by atoms with van der Waals surface area (Å²) in [5.74, 6) is -0.501. The number of amides is 1. The molecule has 6 heterocycles. The smallest absolute Gasteiger partial charge is 0.418 e. The van der Waals surface area contributed by atoms with Crippen molar-refractivity contribution in [1.29, 1.82) is 0 Å². The lowest BCUT2D eigenvalue weighted by Gasteiger charge is -2.42. The summed E-state index contributed by atoms with van der Waals surface area (Å²) in [6.45, 7) is 7.35. The number of aromatic nitrogens is 3. The third-order valence-corrected chi connectivity index (χ3v) is 11.6. The number of nitrogens with zero attached hydrogens (tertiary/aromatic N) is 6. The minimum atomic E-state index is -4.84. The van der Waals surface area contributed by atoms with Crippen LogP contribution in [0.4, 0.5) is 32.6 Å². The number of anilines is 1. The van der Waals surface area contributed by atoms with Gasteiger partial charge in [-0.1, -0.05) is 36.4 Å². The predicted molar refractivity (Wildman–Crippen MR) is 205 cm³/mol. The number of hydrogen-bond donors (Lipinski definition) is 0. The van der Waals surface area contributed by atoms with E-state index in [-0.39, 0.29) is 65.5 Å². The number of carbonyl (C=O) groups is 1. The predicted octanol–water partition coefficient (Wildman–Crippen LogP) is 8.20. The van der Waals surface area contributed by atoms with E-state index in [0.29, 0.717) is 25.5 Å². The number of hydrogen-bond acceptors (Lipinski definition) is 10. The molecule has 3 unspecified atom stereocenters. The summed E-state index contributed by atoms with van der Waals surface area (Å²) < 4.78 is 98.1. The van der Waals surface area contributed by atoms with Crippen molar-refractivity contribution in [3.05, 3.63) is 71.7 Å². The molecule has 0 spiro atoms. The number of carbonyl (C=O) groups excluding carboxylic acids is 1. The van der Waals surface area contributed by atoms with E-state index in [1.807, 2.05) is 56.0 Å². The standard InChI is InChI=1S/C42H47F5N6O5/c1-40(2,3)58-39(54)53-27-11-12-28(53)22-51(21-27)37-32-19-48-34(33(44)35(32)49-38(50-37)57-24-41-15-8-16-52(41)20-26(43)18-41)31-17-29(56-23-25-9-6-5-7-10-25)13-14-30(31)36(55-4)42(45,46)47/h5-7,9-10,13-14,17,19,26-28,36H,8,11-12,15-16,18,20-24H2,1-4H3/t26?,27-,28+,36?,41?. The number of rotatable bonds is 10. The molecule has 5 atom stereocenters. The van der Waals surface area contributed by atoms with Gasteiger partial charge in [0.05, 0.1) is 23.0 Å². The van der Waals surface area contributed by atoms with Crippen molar-refractivity contribution < 1.29 is 45.7 Å². The number of benzene rings is 2. The molecule has 4 aliphatic heterocycles. The van der Waals surface area contributed by atoms with Crippen LogP contribution in [0, 0.1) is 5.82 Å². The first-order valence-electron chi connectivity index (χ1n) is 19.7. The third-order valence-electron chi connectivity index (χ3n) is 11.6. The number of alkyl halides is 4. The number of ether oxygens (including phenoxy) is 4. The van der Waals surface area contributed by atoms with Gasteiger partial charge >= 0.3 is 18.3 Å². The Bertz CT molecular complexity index is 2140. The van der Waals surface area contributed by atoms with Gasteiger partial charge < -0.3 is 23.8 Å². The fraction of sp³-hybridized carbons (Fsp3) is 0.524. The second-order valence-corrected chi connectivity index (χ2v) is 16.7. The largest absolute Gasteiger partial charge is 0.489 e. The normalized spacial score (nSPS) is 24.0. The van der Waals surface area contributed by atoms with E-state index < -0.39 is 47.2 Å². The number of halogens is 5. The first kappa shape index (κ1) is 40.0. The van der Waals surface area contributed by atoms with Crippen molar-refractivity contribution in [2.45, 2.75) is 101 Å². The quantitative estimate of drug-likeness (QED) is 0.146. The maximum Gasteiger partial charge on any atom is 0.418 e. The van der Waals surface area contributed by atoms with Gasteiger partial charge in [0.15, 0.2) is 11.9 Å². The second-order valence-electron chi connectivity index (χ2n) is 16.7. The summed E-state index contributed by atoms with van der Waals surface area (Å²) in [5, 5.41) is 0.209. The SMILES string of the molecule is COC(c1ccc(OCc2ccccc2)cc1-c1ncc2c(N3C[C@H]4CC[C@@H](C3)N4C(=O)OC(C)(C)C)nc(OCC34CCCN3CC(F)C4)nc2c1F)C(F)(F)F. The van der Waals surface area contributed by atoms with E-state index in [4.69, 9.17) is 23.9 Å². The summed E-state index contributed by atoms with van der Waals surface area (Å²) in [7, 11) is 0.936. The van der Waals surface area contributed by atoms with Gasteiger partial charge in [-0.25, -0.2) is 13.6 Å². The molecular formula is C42H47F5N6O5. The van der Waals surface area contributed by atoms with Crippen LogP contribution < -0.4 is 14.4 Å². The molecule has 0 radical (unpaired) electrons. The topological polar surface area (TPSA) is 102 Å². The maximum atomic E-state index is 17.3. The number of fused-ring (bicyclic) bond motifs is 4. The zero-order valence-electron chi connectivity index (χ0n) is 32.9. The average Bonchev–Trinajstić information content (AvgIpc) is 3.79. The Morgan fingerprint density at radius 1 is 1.00 bits per heavy atom. The summed E-state index contributed by atoms with van der Waals surface area (Å²) in [6.07, 6.45) is -3.97.